The lowest BCUT2D eigenvalue weighted by Crippen LogP contribution is -2.34. The van der Waals surface area contributed by atoms with Crippen molar-refractivity contribution in [3.63, 3.8) is 0 Å². The normalized spacial score (nSPS) is 34.1. The Balaban J connectivity index is 2.09. The van der Waals surface area contributed by atoms with E-state index in [1.54, 1.807) is 0 Å². The number of rotatable bonds is 1. The Labute approximate surface area is 79.5 Å². The molecular formula is C10H18N2O. The summed E-state index contributed by atoms with van der Waals surface area (Å²) in [5.74, 6) is 0.346. The van der Waals surface area contributed by atoms with E-state index in [4.69, 9.17) is 0 Å². The van der Waals surface area contributed by atoms with Crippen LogP contribution in [0.2, 0.25) is 0 Å². The Morgan fingerprint density at radius 1 is 1.54 bits per heavy atom. The first kappa shape index (κ1) is 9.00. The number of hydrogen-bond acceptors (Lipinski definition) is 2. The van der Waals surface area contributed by atoms with Gasteiger partial charge in [-0.25, -0.2) is 0 Å². The highest BCUT2D eigenvalue weighted by Gasteiger charge is 2.45. The summed E-state index contributed by atoms with van der Waals surface area (Å²) in [5, 5.41) is 3.36. The second-order valence-electron chi connectivity index (χ2n) is 4.72. The minimum absolute atomic E-state index is 0.279. The van der Waals surface area contributed by atoms with Gasteiger partial charge in [0.2, 0.25) is 5.91 Å². The van der Waals surface area contributed by atoms with Gasteiger partial charge in [0.25, 0.3) is 0 Å². The van der Waals surface area contributed by atoms with Crippen molar-refractivity contribution in [2.45, 2.75) is 32.7 Å². The van der Waals surface area contributed by atoms with Crippen LogP contribution in [0.5, 0.6) is 0 Å². The lowest BCUT2D eigenvalue weighted by atomic mass is 9.86. The van der Waals surface area contributed by atoms with Crippen molar-refractivity contribution in [2.24, 2.45) is 5.41 Å². The van der Waals surface area contributed by atoms with Gasteiger partial charge in [-0.3, -0.25) is 4.79 Å². The van der Waals surface area contributed by atoms with Gasteiger partial charge in [-0.2, -0.15) is 0 Å². The smallest absolute Gasteiger partial charge is 0.223 e. The lowest BCUT2D eigenvalue weighted by molar-refractivity contribution is -0.129. The molecule has 1 amide bonds. The first-order valence-corrected chi connectivity index (χ1v) is 5.13. The summed E-state index contributed by atoms with van der Waals surface area (Å²) in [6, 6.07) is 0.368. The molecule has 0 bridgehead atoms. The van der Waals surface area contributed by atoms with E-state index in [1.165, 1.54) is 6.42 Å². The predicted molar refractivity (Wildman–Crippen MR) is 51.4 cm³/mol. The minimum atomic E-state index is 0.279. The molecule has 1 atom stereocenters. The topological polar surface area (TPSA) is 32.3 Å². The summed E-state index contributed by atoms with van der Waals surface area (Å²) >= 11 is 0. The number of nitrogens with one attached hydrogen (secondary N) is 1. The number of hydrogen-bond donors (Lipinski definition) is 1. The van der Waals surface area contributed by atoms with Gasteiger partial charge in [-0.05, 0) is 26.8 Å². The highest BCUT2D eigenvalue weighted by molar-refractivity contribution is 5.79. The quantitative estimate of drug-likeness (QED) is 0.644. The van der Waals surface area contributed by atoms with Crippen LogP contribution in [0.4, 0.5) is 0 Å². The van der Waals surface area contributed by atoms with E-state index in [2.05, 4.69) is 19.2 Å². The largest absolute Gasteiger partial charge is 0.340 e. The van der Waals surface area contributed by atoms with Crippen molar-refractivity contribution in [2.75, 3.05) is 19.6 Å². The summed E-state index contributed by atoms with van der Waals surface area (Å²) in [4.78, 5) is 13.7. The van der Waals surface area contributed by atoms with Crippen LogP contribution >= 0.6 is 0 Å². The third kappa shape index (κ3) is 1.46. The van der Waals surface area contributed by atoms with Gasteiger partial charge < -0.3 is 10.2 Å². The highest BCUT2D eigenvalue weighted by Crippen LogP contribution is 2.37. The average molecular weight is 182 g/mol. The summed E-state index contributed by atoms with van der Waals surface area (Å²) in [5.41, 5.74) is 0.279. The van der Waals surface area contributed by atoms with Gasteiger partial charge in [0.1, 0.15) is 0 Å². The fourth-order valence-electron chi connectivity index (χ4n) is 2.48. The Bertz CT molecular complexity index is 219. The summed E-state index contributed by atoms with van der Waals surface area (Å²) in [6.45, 7) is 7.27. The number of nitrogens with zero attached hydrogens (tertiary/aromatic N) is 1. The molecule has 2 aliphatic rings. The van der Waals surface area contributed by atoms with Gasteiger partial charge in [-0.15, -0.1) is 0 Å². The van der Waals surface area contributed by atoms with Crippen molar-refractivity contribution in [3.05, 3.63) is 0 Å². The summed E-state index contributed by atoms with van der Waals surface area (Å²) in [6.07, 6.45) is 1.93. The van der Waals surface area contributed by atoms with Crippen molar-refractivity contribution < 1.29 is 4.79 Å². The van der Waals surface area contributed by atoms with Gasteiger partial charge in [0.05, 0.1) is 0 Å². The maximum absolute atomic E-state index is 11.7. The van der Waals surface area contributed by atoms with Gasteiger partial charge >= 0.3 is 0 Å². The first-order valence-electron chi connectivity index (χ1n) is 5.13. The molecule has 2 heterocycles. The Hall–Kier alpha value is -0.570. The van der Waals surface area contributed by atoms with E-state index in [9.17, 15) is 4.79 Å². The van der Waals surface area contributed by atoms with E-state index < -0.39 is 0 Å². The molecule has 0 aromatic rings. The van der Waals surface area contributed by atoms with E-state index in [0.29, 0.717) is 11.9 Å². The SMILES string of the molecule is CC(C)N1CC2(CCNC2)CC1=O. The zero-order valence-electron chi connectivity index (χ0n) is 8.47. The molecule has 0 aromatic carbocycles. The molecule has 0 aliphatic carbocycles. The molecule has 0 aromatic heterocycles. The molecule has 2 fully saturated rings. The van der Waals surface area contributed by atoms with E-state index in [-0.39, 0.29) is 5.41 Å². The van der Waals surface area contributed by atoms with Gasteiger partial charge in [0.15, 0.2) is 0 Å². The standard InChI is InChI=1S/C10H18N2O/c1-8(2)12-7-10(5-9(12)13)3-4-11-6-10/h8,11H,3-7H2,1-2H3. The molecule has 0 radical (unpaired) electrons. The molecule has 1 unspecified atom stereocenters. The number of carbonyl (C=O) groups excluding carboxylic acids is 1. The van der Waals surface area contributed by atoms with Gasteiger partial charge in [-0.1, -0.05) is 0 Å². The van der Waals surface area contributed by atoms with Crippen molar-refractivity contribution in [1.29, 1.82) is 0 Å². The summed E-state index contributed by atoms with van der Waals surface area (Å²) < 4.78 is 0. The van der Waals surface area contributed by atoms with Crippen LogP contribution in [0.1, 0.15) is 26.7 Å². The average Bonchev–Trinajstić information content (AvgIpc) is 2.60. The molecule has 13 heavy (non-hydrogen) atoms. The molecule has 2 saturated heterocycles. The third-order valence-electron chi connectivity index (χ3n) is 3.31. The van der Waals surface area contributed by atoms with Gasteiger partial charge in [0, 0.05) is 31.0 Å². The maximum Gasteiger partial charge on any atom is 0.223 e. The summed E-state index contributed by atoms with van der Waals surface area (Å²) in [7, 11) is 0. The van der Waals surface area contributed by atoms with Crippen molar-refractivity contribution in [3.8, 4) is 0 Å². The van der Waals surface area contributed by atoms with Crippen LogP contribution in [0, 0.1) is 5.41 Å². The van der Waals surface area contributed by atoms with Crippen LogP contribution < -0.4 is 5.32 Å². The predicted octanol–water partition coefficient (Wildman–Crippen LogP) is 0.607. The van der Waals surface area contributed by atoms with Crippen molar-refractivity contribution >= 4 is 5.91 Å². The molecule has 74 valence electrons. The first-order chi connectivity index (χ1) is 6.13. The van der Waals surface area contributed by atoms with E-state index in [0.717, 1.165) is 26.1 Å². The Morgan fingerprint density at radius 2 is 2.31 bits per heavy atom. The van der Waals surface area contributed by atoms with Crippen molar-refractivity contribution in [1.82, 2.24) is 10.2 Å². The molecule has 3 nitrogen and oxygen atoms in total. The van der Waals surface area contributed by atoms with Crippen LogP contribution in [-0.4, -0.2) is 36.5 Å². The lowest BCUT2D eigenvalue weighted by Gasteiger charge is -2.24. The van der Waals surface area contributed by atoms with Crippen LogP contribution in [0.25, 0.3) is 0 Å². The highest BCUT2D eigenvalue weighted by atomic mass is 16.2. The molecular weight excluding hydrogens is 164 g/mol. The monoisotopic (exact) mass is 182 g/mol. The molecule has 3 heteroatoms. The third-order valence-corrected chi connectivity index (χ3v) is 3.31. The fraction of sp³-hybridized carbons (Fsp3) is 0.900. The Kier molecular flexibility index (Phi) is 2.06. The van der Waals surface area contributed by atoms with Crippen LogP contribution in [0.15, 0.2) is 0 Å². The second-order valence-corrected chi connectivity index (χ2v) is 4.72. The molecule has 1 N–H and O–H groups in total. The molecule has 0 saturated carbocycles. The van der Waals surface area contributed by atoms with E-state index in [1.807, 2.05) is 4.90 Å². The molecule has 1 spiro atoms. The Morgan fingerprint density at radius 3 is 2.77 bits per heavy atom. The van der Waals surface area contributed by atoms with E-state index >= 15 is 0 Å². The second kappa shape index (κ2) is 2.98. The zero-order valence-corrected chi connectivity index (χ0v) is 8.47. The van der Waals surface area contributed by atoms with Crippen LogP contribution in [0.3, 0.4) is 0 Å². The van der Waals surface area contributed by atoms with Crippen LogP contribution in [-0.2, 0) is 4.79 Å². The zero-order chi connectivity index (χ0) is 9.47. The molecule has 2 aliphatic heterocycles. The number of carbonyl (C=O) groups is 1. The number of amides is 1. The molecule has 2 rings (SSSR count). The maximum atomic E-state index is 11.7. The minimum Gasteiger partial charge on any atom is -0.340 e. The fourth-order valence-corrected chi connectivity index (χ4v) is 2.48. The number of likely N-dealkylation sites (tertiary alicyclic amines) is 1.